The van der Waals surface area contributed by atoms with Crippen LogP contribution in [0.15, 0.2) is 97.6 Å². The van der Waals surface area contributed by atoms with Crippen LogP contribution >= 0.6 is 45.2 Å². The van der Waals surface area contributed by atoms with Crippen LogP contribution in [0.4, 0.5) is 0 Å². The first kappa shape index (κ1) is 24.2. The molecule has 0 aliphatic heterocycles. The highest BCUT2D eigenvalue weighted by Crippen LogP contribution is 2.27. The summed E-state index contributed by atoms with van der Waals surface area (Å²) in [6.45, 7) is 0. The van der Waals surface area contributed by atoms with Crippen LogP contribution in [-0.2, 0) is 12.8 Å². The van der Waals surface area contributed by atoms with Gasteiger partial charge in [-0.05, 0) is 102 Å². The molecule has 164 valence electrons. The Labute approximate surface area is 227 Å². The van der Waals surface area contributed by atoms with E-state index in [0.717, 1.165) is 24.0 Å². The molecule has 34 heavy (non-hydrogen) atoms. The number of hydrogen-bond acceptors (Lipinski definition) is 2. The summed E-state index contributed by atoms with van der Waals surface area (Å²) < 4.78 is 5.91. The van der Waals surface area contributed by atoms with Crippen molar-refractivity contribution >= 4 is 66.7 Å². The molecule has 4 heteroatoms. The maximum atomic E-state index is 3.99. The summed E-state index contributed by atoms with van der Waals surface area (Å²) in [5.41, 5.74) is 4.79. The van der Waals surface area contributed by atoms with E-state index < -0.39 is 0 Å². The molecule has 0 spiro atoms. The fraction of sp³-hybridized carbons (Fsp3) is 0.0667. The van der Waals surface area contributed by atoms with Crippen LogP contribution < -0.4 is 0 Å². The van der Waals surface area contributed by atoms with Crippen molar-refractivity contribution in [3.8, 4) is 19.7 Å². The molecular weight excluding hydrogens is 642 g/mol. The van der Waals surface area contributed by atoms with Crippen LogP contribution in [-0.4, -0.2) is 9.97 Å². The fourth-order valence-electron chi connectivity index (χ4n) is 3.76. The molecule has 0 fully saturated rings. The summed E-state index contributed by atoms with van der Waals surface area (Å²) in [5.74, 6) is 6.33. The van der Waals surface area contributed by atoms with E-state index in [1.807, 2.05) is 24.8 Å². The molecule has 3 aromatic carbocycles. The second-order valence-corrected chi connectivity index (χ2v) is 8.63. The molecule has 0 bridgehead atoms. The highest BCUT2D eigenvalue weighted by Gasteiger charge is 2.04. The van der Waals surface area contributed by atoms with Crippen molar-refractivity contribution in [2.45, 2.75) is 12.8 Å². The van der Waals surface area contributed by atoms with E-state index in [2.05, 4.69) is 148 Å². The molecule has 0 N–H and O–H groups in total. The quantitative estimate of drug-likeness (QED) is 0.112. The number of fused-ring (bicyclic) bond motifs is 2. The Balaban J connectivity index is 0.000000172. The standard InChI is InChI=1S/C18H8I2.C12H12N2/c19-9-7-13-3-1-5-15-11-16-6-2-4-14(8-10-20)18(16)12-17(13)15;1(11-3-7-13-8-4-11)2-12-5-9-14-10-6-12/h1-6,11-12H;3-10H,1-2H2. The third kappa shape index (κ3) is 6.34. The van der Waals surface area contributed by atoms with Crippen molar-refractivity contribution in [1.82, 2.24) is 9.97 Å². The van der Waals surface area contributed by atoms with Crippen LogP contribution in [0.1, 0.15) is 22.3 Å². The van der Waals surface area contributed by atoms with E-state index in [4.69, 9.17) is 0 Å². The van der Waals surface area contributed by atoms with Gasteiger partial charge in [-0.3, -0.25) is 9.97 Å². The zero-order valence-corrected chi connectivity index (χ0v) is 22.6. The van der Waals surface area contributed by atoms with Gasteiger partial charge in [0.2, 0.25) is 0 Å². The summed E-state index contributed by atoms with van der Waals surface area (Å²) in [6, 6.07) is 25.1. The van der Waals surface area contributed by atoms with E-state index >= 15 is 0 Å². The Kier molecular flexibility index (Phi) is 8.90. The average Bonchev–Trinajstić information content (AvgIpc) is 2.89. The average molecular weight is 662 g/mol. The second-order valence-electron chi connectivity index (χ2n) is 7.56. The highest BCUT2D eigenvalue weighted by atomic mass is 127. The Bertz CT molecular complexity index is 1410. The van der Waals surface area contributed by atoms with Crippen molar-refractivity contribution < 1.29 is 0 Å². The second kappa shape index (κ2) is 12.5. The number of halogens is 2. The lowest BCUT2D eigenvalue weighted by molar-refractivity contribution is 0.951. The van der Waals surface area contributed by atoms with Gasteiger partial charge >= 0.3 is 0 Å². The molecule has 2 nitrogen and oxygen atoms in total. The molecule has 0 atom stereocenters. The maximum absolute atomic E-state index is 3.99. The van der Waals surface area contributed by atoms with Gasteiger partial charge < -0.3 is 0 Å². The summed E-state index contributed by atoms with van der Waals surface area (Å²) >= 11 is 4.15. The first-order valence-electron chi connectivity index (χ1n) is 10.7. The van der Waals surface area contributed by atoms with Crippen molar-refractivity contribution in [2.24, 2.45) is 0 Å². The van der Waals surface area contributed by atoms with E-state index in [1.165, 1.54) is 32.7 Å². The van der Waals surface area contributed by atoms with Gasteiger partial charge in [0.1, 0.15) is 0 Å². The monoisotopic (exact) mass is 662 g/mol. The number of benzene rings is 3. The summed E-state index contributed by atoms with van der Waals surface area (Å²) in [7, 11) is 0. The highest BCUT2D eigenvalue weighted by molar-refractivity contribution is 14.1. The first-order chi connectivity index (χ1) is 16.8. The minimum Gasteiger partial charge on any atom is -0.265 e. The molecule has 0 amide bonds. The fourth-order valence-corrected chi connectivity index (χ4v) is 4.34. The normalized spacial score (nSPS) is 9.82. The largest absolute Gasteiger partial charge is 0.265 e. The van der Waals surface area contributed by atoms with E-state index in [9.17, 15) is 0 Å². The van der Waals surface area contributed by atoms with E-state index in [0.29, 0.717) is 0 Å². The van der Waals surface area contributed by atoms with Gasteiger partial charge in [0, 0.05) is 81.1 Å². The maximum Gasteiger partial charge on any atom is 0.0332 e. The van der Waals surface area contributed by atoms with Gasteiger partial charge in [-0.1, -0.05) is 36.1 Å². The van der Waals surface area contributed by atoms with Crippen molar-refractivity contribution in [3.63, 3.8) is 0 Å². The number of rotatable bonds is 3. The van der Waals surface area contributed by atoms with Gasteiger partial charge in [-0.15, -0.1) is 0 Å². The van der Waals surface area contributed by atoms with Gasteiger partial charge in [-0.25, -0.2) is 0 Å². The van der Waals surface area contributed by atoms with Crippen LogP contribution in [0.3, 0.4) is 0 Å². The molecule has 0 aliphatic carbocycles. The molecular formula is C30H20I2N2. The molecule has 0 saturated carbocycles. The van der Waals surface area contributed by atoms with Crippen molar-refractivity contribution in [1.29, 1.82) is 0 Å². The Hall–Kier alpha value is -2.94. The number of nitrogens with zero attached hydrogens (tertiary/aromatic N) is 2. The zero-order chi connectivity index (χ0) is 23.6. The lowest BCUT2D eigenvalue weighted by Crippen LogP contribution is -1.91. The first-order valence-corrected chi connectivity index (χ1v) is 12.9. The topological polar surface area (TPSA) is 25.8 Å². The molecule has 0 unspecified atom stereocenters. The predicted octanol–water partition coefficient (Wildman–Crippen LogP) is 7.74. The molecule has 0 saturated heterocycles. The van der Waals surface area contributed by atoms with Crippen molar-refractivity contribution in [2.75, 3.05) is 0 Å². The number of aromatic nitrogens is 2. The number of aryl methyl sites for hydroxylation is 2. The van der Waals surface area contributed by atoms with E-state index in [-0.39, 0.29) is 0 Å². The SMILES string of the molecule is IC#Cc1cccc2cc3cccc(C#CI)c3cc12.c1cc(CCc2ccncc2)ccn1. The molecule has 0 aliphatic rings. The van der Waals surface area contributed by atoms with Crippen LogP contribution in [0.2, 0.25) is 0 Å². The lowest BCUT2D eigenvalue weighted by atomic mass is 9.97. The van der Waals surface area contributed by atoms with E-state index in [1.54, 1.807) is 0 Å². The summed E-state index contributed by atoms with van der Waals surface area (Å²) in [5, 5.41) is 4.81. The number of pyridine rings is 2. The minimum atomic E-state index is 1.06. The smallest absolute Gasteiger partial charge is 0.0332 e. The van der Waals surface area contributed by atoms with Crippen molar-refractivity contribution in [3.05, 3.63) is 120 Å². The molecule has 2 aromatic heterocycles. The van der Waals surface area contributed by atoms with Gasteiger partial charge in [-0.2, -0.15) is 0 Å². The van der Waals surface area contributed by atoms with Gasteiger partial charge in [0.25, 0.3) is 0 Å². The van der Waals surface area contributed by atoms with Gasteiger partial charge in [0.05, 0.1) is 0 Å². The van der Waals surface area contributed by atoms with Crippen LogP contribution in [0.25, 0.3) is 21.5 Å². The Morgan fingerprint density at radius 1 is 0.559 bits per heavy atom. The number of hydrogen-bond donors (Lipinski definition) is 0. The molecule has 0 radical (unpaired) electrons. The van der Waals surface area contributed by atoms with Crippen LogP contribution in [0, 0.1) is 19.7 Å². The predicted molar refractivity (Wildman–Crippen MR) is 159 cm³/mol. The molecule has 5 rings (SSSR count). The third-order valence-corrected chi connectivity index (χ3v) is 5.98. The van der Waals surface area contributed by atoms with Crippen LogP contribution in [0.5, 0.6) is 0 Å². The Morgan fingerprint density at radius 2 is 1.00 bits per heavy atom. The molecule has 5 aromatic rings. The third-order valence-electron chi connectivity index (χ3n) is 5.44. The van der Waals surface area contributed by atoms with Gasteiger partial charge in [0.15, 0.2) is 0 Å². The summed E-state index contributed by atoms with van der Waals surface area (Å²) in [6.07, 6.45) is 9.46. The Morgan fingerprint density at radius 3 is 1.41 bits per heavy atom. The molecule has 2 heterocycles. The summed E-state index contributed by atoms with van der Waals surface area (Å²) in [4.78, 5) is 7.98. The zero-order valence-electron chi connectivity index (χ0n) is 18.3. The minimum absolute atomic E-state index is 1.06. The lowest BCUT2D eigenvalue weighted by Gasteiger charge is -2.06.